The summed E-state index contributed by atoms with van der Waals surface area (Å²) in [4.78, 5) is 3.94. The number of benzene rings is 1. The Morgan fingerprint density at radius 1 is 1.44 bits per heavy atom. The van der Waals surface area contributed by atoms with Gasteiger partial charge in [0.05, 0.1) is 12.7 Å². The third kappa shape index (κ3) is 2.40. The van der Waals surface area contributed by atoms with E-state index in [4.69, 9.17) is 20.6 Å². The van der Waals surface area contributed by atoms with Crippen LogP contribution < -0.4 is 15.2 Å². The molecule has 0 unspecified atom stereocenters. The Kier molecular flexibility index (Phi) is 3.13. The summed E-state index contributed by atoms with van der Waals surface area (Å²) in [6, 6.07) is 5.18. The number of nitrogens with two attached hydrogens (primary N) is 1. The van der Waals surface area contributed by atoms with Crippen LogP contribution in [0, 0.1) is 5.41 Å². The van der Waals surface area contributed by atoms with E-state index in [0.717, 1.165) is 0 Å². The first-order chi connectivity index (χ1) is 8.60. The maximum atomic E-state index is 7.49. The van der Waals surface area contributed by atoms with Gasteiger partial charge in [0.25, 0.3) is 0 Å². The van der Waals surface area contributed by atoms with Gasteiger partial charge < -0.3 is 15.2 Å². The van der Waals surface area contributed by atoms with Crippen molar-refractivity contribution in [2.45, 2.75) is 0 Å². The molecular weight excluding hydrogens is 234 g/mol. The van der Waals surface area contributed by atoms with E-state index in [0.29, 0.717) is 17.1 Å². The summed E-state index contributed by atoms with van der Waals surface area (Å²) in [6.07, 6.45) is 1.52. The molecule has 94 valence electrons. The standard InChI is InChI=1S/C11H13N5O2/c1-16-6-14-11(15-16)18-9-5-7(17-2)3-4-8(9)10(12)13/h3-6H,1-2H3,(H3,12,13). The summed E-state index contributed by atoms with van der Waals surface area (Å²) in [7, 11) is 3.28. The van der Waals surface area contributed by atoms with Crippen LogP contribution >= 0.6 is 0 Å². The first-order valence-corrected chi connectivity index (χ1v) is 5.16. The normalized spacial score (nSPS) is 10.1. The number of methoxy groups -OCH3 is 1. The lowest BCUT2D eigenvalue weighted by atomic mass is 10.2. The molecule has 0 fully saturated rings. The minimum Gasteiger partial charge on any atom is -0.497 e. The van der Waals surface area contributed by atoms with Crippen molar-refractivity contribution in [3.05, 3.63) is 30.1 Å². The molecule has 2 aromatic rings. The maximum Gasteiger partial charge on any atom is 0.341 e. The highest BCUT2D eigenvalue weighted by atomic mass is 16.5. The fourth-order valence-electron chi connectivity index (χ4n) is 1.40. The number of ether oxygens (including phenoxy) is 2. The number of nitrogen functional groups attached to an aromatic ring is 1. The molecule has 0 radical (unpaired) electrons. The summed E-state index contributed by atoms with van der Waals surface area (Å²) in [5.41, 5.74) is 5.94. The van der Waals surface area contributed by atoms with Crippen molar-refractivity contribution in [1.82, 2.24) is 14.8 Å². The van der Waals surface area contributed by atoms with Crippen LogP contribution in [-0.4, -0.2) is 27.7 Å². The Hall–Kier alpha value is -2.57. The van der Waals surface area contributed by atoms with Crippen LogP contribution in [0.5, 0.6) is 17.5 Å². The topological polar surface area (TPSA) is 99.0 Å². The number of aromatic nitrogens is 3. The van der Waals surface area contributed by atoms with Crippen LogP contribution in [0.25, 0.3) is 0 Å². The molecule has 0 spiro atoms. The van der Waals surface area contributed by atoms with E-state index < -0.39 is 0 Å². The number of rotatable bonds is 4. The van der Waals surface area contributed by atoms with Gasteiger partial charge in [-0.3, -0.25) is 10.1 Å². The van der Waals surface area contributed by atoms with Crippen LogP contribution in [0.1, 0.15) is 5.56 Å². The number of aryl methyl sites for hydroxylation is 1. The van der Waals surface area contributed by atoms with Gasteiger partial charge in [-0.05, 0) is 12.1 Å². The maximum absolute atomic E-state index is 7.49. The molecule has 1 aromatic carbocycles. The van der Waals surface area contributed by atoms with Crippen molar-refractivity contribution in [1.29, 1.82) is 5.41 Å². The van der Waals surface area contributed by atoms with Gasteiger partial charge in [-0.1, -0.05) is 0 Å². The zero-order chi connectivity index (χ0) is 13.1. The van der Waals surface area contributed by atoms with Crippen molar-refractivity contribution >= 4 is 5.84 Å². The molecule has 18 heavy (non-hydrogen) atoms. The smallest absolute Gasteiger partial charge is 0.341 e. The number of nitrogens with one attached hydrogen (secondary N) is 1. The van der Waals surface area contributed by atoms with Gasteiger partial charge in [-0.15, -0.1) is 5.10 Å². The molecule has 3 N–H and O–H groups in total. The molecule has 7 heteroatoms. The van der Waals surface area contributed by atoms with Gasteiger partial charge in [-0.2, -0.15) is 4.98 Å². The molecule has 1 aromatic heterocycles. The van der Waals surface area contributed by atoms with Crippen LogP contribution in [-0.2, 0) is 7.05 Å². The minimum atomic E-state index is -0.0939. The van der Waals surface area contributed by atoms with E-state index in [2.05, 4.69) is 10.1 Å². The van der Waals surface area contributed by atoms with Crippen molar-refractivity contribution < 1.29 is 9.47 Å². The van der Waals surface area contributed by atoms with E-state index in [1.165, 1.54) is 11.0 Å². The second kappa shape index (κ2) is 4.74. The lowest BCUT2D eigenvalue weighted by Crippen LogP contribution is -2.12. The molecule has 0 aliphatic rings. The first-order valence-electron chi connectivity index (χ1n) is 5.16. The Morgan fingerprint density at radius 3 is 2.78 bits per heavy atom. The van der Waals surface area contributed by atoms with E-state index in [-0.39, 0.29) is 11.8 Å². The van der Waals surface area contributed by atoms with Crippen molar-refractivity contribution in [2.24, 2.45) is 12.8 Å². The molecule has 0 aliphatic heterocycles. The highest BCUT2D eigenvalue weighted by molar-refractivity contribution is 5.97. The van der Waals surface area contributed by atoms with E-state index >= 15 is 0 Å². The van der Waals surface area contributed by atoms with E-state index in [1.807, 2.05) is 0 Å². The molecule has 2 rings (SSSR count). The Labute approximate surface area is 104 Å². The minimum absolute atomic E-state index is 0.0939. The largest absolute Gasteiger partial charge is 0.497 e. The zero-order valence-electron chi connectivity index (χ0n) is 10.0. The zero-order valence-corrected chi connectivity index (χ0v) is 10.0. The van der Waals surface area contributed by atoms with Crippen molar-refractivity contribution in [3.63, 3.8) is 0 Å². The highest BCUT2D eigenvalue weighted by Gasteiger charge is 2.11. The Bertz CT molecular complexity index is 579. The van der Waals surface area contributed by atoms with E-state index in [9.17, 15) is 0 Å². The van der Waals surface area contributed by atoms with Crippen molar-refractivity contribution in [3.8, 4) is 17.5 Å². The quantitative estimate of drug-likeness (QED) is 0.617. The predicted octanol–water partition coefficient (Wildman–Crippen LogP) is 0.900. The molecular formula is C11H13N5O2. The molecule has 0 saturated heterocycles. The van der Waals surface area contributed by atoms with Crippen LogP contribution in [0.3, 0.4) is 0 Å². The first kappa shape index (κ1) is 11.9. The Morgan fingerprint density at radius 2 is 2.22 bits per heavy atom. The second-order valence-electron chi connectivity index (χ2n) is 3.58. The third-order valence-electron chi connectivity index (χ3n) is 2.26. The number of nitrogens with zero attached hydrogens (tertiary/aromatic N) is 3. The summed E-state index contributed by atoms with van der Waals surface area (Å²) < 4.78 is 12.1. The van der Waals surface area contributed by atoms with Crippen LogP contribution in [0.2, 0.25) is 0 Å². The van der Waals surface area contributed by atoms with Gasteiger partial charge in [0.15, 0.2) is 0 Å². The molecule has 0 atom stereocenters. The van der Waals surface area contributed by atoms with Gasteiger partial charge >= 0.3 is 6.01 Å². The second-order valence-corrected chi connectivity index (χ2v) is 3.58. The lowest BCUT2D eigenvalue weighted by Gasteiger charge is -2.09. The summed E-state index contributed by atoms with van der Waals surface area (Å²) in [5.74, 6) is 0.891. The fourth-order valence-corrected chi connectivity index (χ4v) is 1.40. The van der Waals surface area contributed by atoms with Gasteiger partial charge in [0, 0.05) is 13.1 Å². The monoisotopic (exact) mass is 247 g/mol. The molecule has 0 aliphatic carbocycles. The van der Waals surface area contributed by atoms with Gasteiger partial charge in [0.2, 0.25) is 0 Å². The fraction of sp³-hybridized carbons (Fsp3) is 0.182. The number of hydrogen-bond donors (Lipinski definition) is 2. The SMILES string of the molecule is COc1ccc(C(=N)N)c(Oc2ncn(C)n2)c1. The molecule has 0 bridgehead atoms. The highest BCUT2D eigenvalue weighted by Crippen LogP contribution is 2.27. The lowest BCUT2D eigenvalue weighted by molar-refractivity contribution is 0.403. The molecule has 0 amide bonds. The molecule has 7 nitrogen and oxygen atoms in total. The number of hydrogen-bond acceptors (Lipinski definition) is 5. The Balaban J connectivity index is 2.37. The number of amidine groups is 1. The van der Waals surface area contributed by atoms with Crippen LogP contribution in [0.15, 0.2) is 24.5 Å². The van der Waals surface area contributed by atoms with Crippen LogP contribution in [0.4, 0.5) is 0 Å². The van der Waals surface area contributed by atoms with Gasteiger partial charge in [-0.25, -0.2) is 0 Å². The third-order valence-corrected chi connectivity index (χ3v) is 2.26. The summed E-state index contributed by atoms with van der Waals surface area (Å²) in [6.45, 7) is 0. The molecule has 0 saturated carbocycles. The average molecular weight is 247 g/mol. The summed E-state index contributed by atoms with van der Waals surface area (Å²) >= 11 is 0. The average Bonchev–Trinajstić information content (AvgIpc) is 2.74. The predicted molar refractivity (Wildman–Crippen MR) is 65.1 cm³/mol. The summed E-state index contributed by atoms with van der Waals surface area (Å²) in [5, 5.41) is 11.5. The van der Waals surface area contributed by atoms with E-state index in [1.54, 1.807) is 32.4 Å². The van der Waals surface area contributed by atoms with Gasteiger partial charge in [0.1, 0.15) is 23.7 Å². The van der Waals surface area contributed by atoms with Crippen molar-refractivity contribution in [2.75, 3.05) is 7.11 Å². The molecule has 1 heterocycles.